The van der Waals surface area contributed by atoms with E-state index in [2.05, 4.69) is 25.6 Å². The van der Waals surface area contributed by atoms with Crippen molar-refractivity contribution in [1.82, 2.24) is 25.6 Å². The van der Waals surface area contributed by atoms with Gasteiger partial charge >= 0.3 is 6.18 Å². The Morgan fingerprint density at radius 2 is 1.91 bits per heavy atom. The third-order valence-electron chi connectivity index (χ3n) is 5.59. The van der Waals surface area contributed by atoms with Crippen molar-refractivity contribution in [3.8, 4) is 11.1 Å². The largest absolute Gasteiger partial charge is 0.417 e. The van der Waals surface area contributed by atoms with Gasteiger partial charge in [0.05, 0.1) is 16.6 Å². The van der Waals surface area contributed by atoms with Crippen LogP contribution in [-0.4, -0.2) is 33.4 Å². The lowest BCUT2D eigenvalue weighted by Crippen LogP contribution is -2.46. The van der Waals surface area contributed by atoms with Crippen LogP contribution in [0.3, 0.4) is 0 Å². The molecular weight excluding hydrogens is 490 g/mol. The van der Waals surface area contributed by atoms with Crippen LogP contribution in [-0.2, 0) is 6.18 Å². The van der Waals surface area contributed by atoms with Crippen molar-refractivity contribution in [1.29, 1.82) is 0 Å². The molecule has 1 saturated heterocycles. The minimum Gasteiger partial charge on any atom is -0.342 e. The van der Waals surface area contributed by atoms with Crippen LogP contribution in [0.1, 0.15) is 46.9 Å². The van der Waals surface area contributed by atoms with Crippen LogP contribution < -0.4 is 10.6 Å². The molecule has 2 atom stereocenters. The van der Waals surface area contributed by atoms with Gasteiger partial charge in [-0.15, -0.1) is 12.4 Å². The molecule has 1 fully saturated rings. The Morgan fingerprint density at radius 1 is 1.15 bits per heavy atom. The van der Waals surface area contributed by atoms with E-state index < -0.39 is 34.4 Å². The standard InChI is InChI=1S/C23H21ClF3N5O.ClH/c24-19-17(23(25,26)27)7-9-31-21(19)22(33)32-20(18-6-1-2-8-30-18)15-5-3-4-14(10-15)16-11-28-13-29-12-16;/h3-5,7,9-13,18,20,30H,1-2,6,8H2,(H,32,33);1H/t18?,20-;/m0./s1. The molecule has 11 heteroatoms. The molecule has 3 aromatic rings. The third-order valence-corrected chi connectivity index (χ3v) is 5.97. The molecule has 1 unspecified atom stereocenters. The number of nitrogens with one attached hydrogen (secondary N) is 2. The van der Waals surface area contributed by atoms with E-state index in [9.17, 15) is 18.0 Å². The molecule has 0 aliphatic carbocycles. The molecule has 0 bridgehead atoms. The second-order valence-electron chi connectivity index (χ2n) is 7.78. The number of carbonyl (C=O) groups is 1. The Morgan fingerprint density at radius 3 is 2.59 bits per heavy atom. The van der Waals surface area contributed by atoms with E-state index in [-0.39, 0.29) is 18.4 Å². The summed E-state index contributed by atoms with van der Waals surface area (Å²) in [6, 6.07) is 7.70. The van der Waals surface area contributed by atoms with Crippen LogP contribution in [0.15, 0.2) is 55.2 Å². The highest BCUT2D eigenvalue weighted by molar-refractivity contribution is 6.34. The van der Waals surface area contributed by atoms with E-state index in [1.807, 2.05) is 24.3 Å². The fraction of sp³-hybridized carbons (Fsp3) is 0.304. The third kappa shape index (κ3) is 5.84. The maximum atomic E-state index is 13.3. The number of rotatable bonds is 5. The number of amides is 1. The summed E-state index contributed by atoms with van der Waals surface area (Å²) in [6.45, 7) is 0.784. The van der Waals surface area contributed by atoms with Gasteiger partial charge in [0.25, 0.3) is 5.91 Å². The molecule has 2 aromatic heterocycles. The van der Waals surface area contributed by atoms with Crippen molar-refractivity contribution in [3.63, 3.8) is 0 Å². The van der Waals surface area contributed by atoms with Gasteiger partial charge in [0.15, 0.2) is 0 Å². The van der Waals surface area contributed by atoms with Gasteiger partial charge in [0.2, 0.25) is 0 Å². The molecule has 180 valence electrons. The van der Waals surface area contributed by atoms with Crippen LogP contribution in [0.5, 0.6) is 0 Å². The molecule has 34 heavy (non-hydrogen) atoms. The molecule has 0 spiro atoms. The predicted octanol–water partition coefficient (Wildman–Crippen LogP) is 5.25. The number of aromatic nitrogens is 3. The van der Waals surface area contributed by atoms with Crippen molar-refractivity contribution in [2.24, 2.45) is 0 Å². The summed E-state index contributed by atoms with van der Waals surface area (Å²) in [6.07, 6.45) is 3.84. The van der Waals surface area contributed by atoms with Gasteiger partial charge in [-0.1, -0.05) is 36.2 Å². The van der Waals surface area contributed by atoms with Gasteiger partial charge < -0.3 is 10.6 Å². The molecule has 1 aliphatic rings. The van der Waals surface area contributed by atoms with E-state index in [1.165, 1.54) is 6.33 Å². The second-order valence-corrected chi connectivity index (χ2v) is 8.16. The summed E-state index contributed by atoms with van der Waals surface area (Å²) in [5.41, 5.74) is 0.914. The molecule has 1 aliphatic heterocycles. The van der Waals surface area contributed by atoms with Gasteiger partial charge in [-0.05, 0) is 42.6 Å². The highest BCUT2D eigenvalue weighted by Crippen LogP contribution is 2.36. The Kier molecular flexibility index (Phi) is 8.46. The van der Waals surface area contributed by atoms with E-state index in [4.69, 9.17) is 11.6 Å². The van der Waals surface area contributed by atoms with Crippen molar-refractivity contribution in [3.05, 3.63) is 77.1 Å². The van der Waals surface area contributed by atoms with Crippen molar-refractivity contribution in [2.45, 2.75) is 37.5 Å². The number of pyridine rings is 1. The van der Waals surface area contributed by atoms with Crippen molar-refractivity contribution >= 4 is 29.9 Å². The first kappa shape index (κ1) is 25.9. The number of carbonyl (C=O) groups excluding carboxylic acids is 1. The number of benzene rings is 1. The Balaban J connectivity index is 0.00000324. The molecule has 1 aromatic carbocycles. The monoisotopic (exact) mass is 511 g/mol. The van der Waals surface area contributed by atoms with Crippen molar-refractivity contribution < 1.29 is 18.0 Å². The summed E-state index contributed by atoms with van der Waals surface area (Å²) in [5.74, 6) is -0.767. The first-order valence-corrected chi connectivity index (χ1v) is 10.8. The summed E-state index contributed by atoms with van der Waals surface area (Å²) in [5, 5.41) is 5.57. The first-order chi connectivity index (χ1) is 15.8. The molecule has 6 nitrogen and oxygen atoms in total. The van der Waals surface area contributed by atoms with Crippen LogP contribution in [0, 0.1) is 0 Å². The zero-order valence-electron chi connectivity index (χ0n) is 17.8. The Labute approximate surface area is 205 Å². The summed E-state index contributed by atoms with van der Waals surface area (Å²) < 4.78 is 39.8. The van der Waals surface area contributed by atoms with Gasteiger partial charge in [0, 0.05) is 30.2 Å². The fourth-order valence-electron chi connectivity index (χ4n) is 3.97. The first-order valence-electron chi connectivity index (χ1n) is 10.5. The van der Waals surface area contributed by atoms with Gasteiger partial charge in [0.1, 0.15) is 12.0 Å². The normalized spacial score (nSPS) is 16.9. The zero-order valence-corrected chi connectivity index (χ0v) is 19.4. The van der Waals surface area contributed by atoms with Crippen LogP contribution in [0.25, 0.3) is 11.1 Å². The van der Waals surface area contributed by atoms with Crippen LogP contribution >= 0.6 is 24.0 Å². The lowest BCUT2D eigenvalue weighted by atomic mass is 9.91. The van der Waals surface area contributed by atoms with Gasteiger partial charge in [-0.2, -0.15) is 13.2 Å². The SMILES string of the molecule is Cl.O=C(N[C@@H](c1cccc(-c2cncnc2)c1)C1CCCCN1)c1nccc(C(F)(F)F)c1Cl. The summed E-state index contributed by atoms with van der Waals surface area (Å²) in [7, 11) is 0. The maximum Gasteiger partial charge on any atom is 0.417 e. The van der Waals surface area contributed by atoms with Crippen LogP contribution in [0.4, 0.5) is 13.2 Å². The average Bonchev–Trinajstić information content (AvgIpc) is 2.83. The summed E-state index contributed by atoms with van der Waals surface area (Å²) in [4.78, 5) is 25.0. The Hall–Kier alpha value is -2.75. The van der Waals surface area contributed by atoms with Gasteiger partial charge in [-0.25, -0.2) is 15.0 Å². The Bertz CT molecular complexity index is 1130. The van der Waals surface area contributed by atoms with E-state index >= 15 is 0 Å². The number of hydrogen-bond donors (Lipinski definition) is 2. The second kappa shape index (κ2) is 11.1. The minimum atomic E-state index is -4.69. The highest BCUT2D eigenvalue weighted by Gasteiger charge is 2.36. The zero-order chi connectivity index (χ0) is 23.4. The van der Waals surface area contributed by atoms with Gasteiger partial charge in [-0.3, -0.25) is 4.79 Å². The van der Waals surface area contributed by atoms with Crippen molar-refractivity contribution in [2.75, 3.05) is 6.54 Å². The maximum absolute atomic E-state index is 13.3. The topological polar surface area (TPSA) is 79.8 Å². The lowest BCUT2D eigenvalue weighted by Gasteiger charge is -2.32. The molecule has 0 radical (unpaired) electrons. The van der Waals surface area contributed by atoms with E-state index in [0.717, 1.165) is 54.8 Å². The number of hydrogen-bond acceptors (Lipinski definition) is 5. The summed E-state index contributed by atoms with van der Waals surface area (Å²) >= 11 is 5.94. The van der Waals surface area contributed by atoms with Crippen LogP contribution in [0.2, 0.25) is 5.02 Å². The smallest absolute Gasteiger partial charge is 0.342 e. The predicted molar refractivity (Wildman–Crippen MR) is 125 cm³/mol. The quantitative estimate of drug-likeness (QED) is 0.489. The molecule has 0 saturated carbocycles. The highest BCUT2D eigenvalue weighted by atomic mass is 35.5. The number of nitrogens with zero attached hydrogens (tertiary/aromatic N) is 3. The minimum absolute atomic E-state index is 0. The number of piperidine rings is 1. The fourth-order valence-corrected chi connectivity index (χ4v) is 4.27. The molecule has 2 N–H and O–H groups in total. The molecule has 1 amide bonds. The number of alkyl halides is 3. The number of halogens is 5. The average molecular weight is 512 g/mol. The lowest BCUT2D eigenvalue weighted by molar-refractivity contribution is -0.137. The molecule has 3 heterocycles. The van der Waals surface area contributed by atoms with E-state index in [0.29, 0.717) is 0 Å². The van der Waals surface area contributed by atoms with E-state index in [1.54, 1.807) is 12.4 Å². The molecule has 4 rings (SSSR count). The molecular formula is C23H22Cl2F3N5O.